The van der Waals surface area contributed by atoms with Crippen LogP contribution in [-0.4, -0.2) is 43.0 Å². The van der Waals surface area contributed by atoms with E-state index in [1.54, 1.807) is 0 Å². The van der Waals surface area contributed by atoms with E-state index in [1.807, 2.05) is 6.92 Å². The largest absolute Gasteiger partial charge is 0.394 e. The van der Waals surface area contributed by atoms with Crippen molar-refractivity contribution in [1.82, 2.24) is 10.6 Å². The highest BCUT2D eigenvalue weighted by Crippen LogP contribution is 2.19. The van der Waals surface area contributed by atoms with Crippen molar-refractivity contribution in [1.29, 1.82) is 0 Å². The van der Waals surface area contributed by atoms with E-state index >= 15 is 0 Å². The second-order valence-corrected chi connectivity index (χ2v) is 3.93. The molecular weight excluding hydrogens is 196 g/mol. The lowest BCUT2D eigenvalue weighted by Gasteiger charge is -2.36. The zero-order chi connectivity index (χ0) is 11.1. The molecule has 0 aromatic heterocycles. The van der Waals surface area contributed by atoms with E-state index in [4.69, 9.17) is 4.74 Å². The fourth-order valence-corrected chi connectivity index (χ4v) is 1.61. The van der Waals surface area contributed by atoms with Gasteiger partial charge in [0.25, 0.3) is 0 Å². The Hall–Kier alpha value is -0.810. The van der Waals surface area contributed by atoms with Crippen molar-refractivity contribution in [3.63, 3.8) is 0 Å². The number of carbonyl (C=O) groups excluding carboxylic acids is 1. The summed E-state index contributed by atoms with van der Waals surface area (Å²) < 4.78 is 5.21. The summed E-state index contributed by atoms with van der Waals surface area (Å²) in [7, 11) is 0. The number of nitrogens with one attached hydrogen (secondary N) is 2. The molecule has 1 heterocycles. The van der Waals surface area contributed by atoms with Gasteiger partial charge in [-0.15, -0.1) is 0 Å². The topological polar surface area (TPSA) is 70.6 Å². The van der Waals surface area contributed by atoms with Gasteiger partial charge in [-0.1, -0.05) is 6.92 Å². The predicted molar refractivity (Wildman–Crippen MR) is 56.7 cm³/mol. The van der Waals surface area contributed by atoms with Crippen LogP contribution in [0, 0.1) is 0 Å². The van der Waals surface area contributed by atoms with E-state index in [-0.39, 0.29) is 12.6 Å². The number of aliphatic hydroxyl groups is 1. The highest BCUT2D eigenvalue weighted by atomic mass is 16.5. The standard InChI is InChI=1S/C10H20N2O3/c1-2-5-11-9(14)12-10(8-13)3-6-15-7-4-10/h13H,2-8H2,1H3,(H2,11,12,14). The van der Waals surface area contributed by atoms with E-state index in [0.29, 0.717) is 32.6 Å². The van der Waals surface area contributed by atoms with E-state index in [9.17, 15) is 9.90 Å². The minimum Gasteiger partial charge on any atom is -0.394 e. The zero-order valence-electron chi connectivity index (χ0n) is 9.21. The summed E-state index contributed by atoms with van der Waals surface area (Å²) in [5.74, 6) is 0. The number of ether oxygens (including phenoxy) is 1. The van der Waals surface area contributed by atoms with Gasteiger partial charge in [-0.2, -0.15) is 0 Å². The summed E-state index contributed by atoms with van der Waals surface area (Å²) in [5, 5.41) is 14.9. The first-order valence-electron chi connectivity index (χ1n) is 5.47. The van der Waals surface area contributed by atoms with Gasteiger partial charge in [-0.3, -0.25) is 0 Å². The van der Waals surface area contributed by atoms with Crippen molar-refractivity contribution >= 4 is 6.03 Å². The molecule has 3 N–H and O–H groups in total. The Balaban J connectivity index is 2.40. The number of rotatable bonds is 4. The fraction of sp³-hybridized carbons (Fsp3) is 0.900. The molecule has 0 aliphatic carbocycles. The molecule has 1 fully saturated rings. The molecule has 2 amide bonds. The number of carbonyl (C=O) groups is 1. The quantitative estimate of drug-likeness (QED) is 0.630. The molecule has 88 valence electrons. The van der Waals surface area contributed by atoms with Gasteiger partial charge in [0.15, 0.2) is 0 Å². The molecule has 5 heteroatoms. The van der Waals surface area contributed by atoms with Crippen LogP contribution in [0.1, 0.15) is 26.2 Å². The number of hydrogen-bond donors (Lipinski definition) is 3. The van der Waals surface area contributed by atoms with Gasteiger partial charge in [-0.25, -0.2) is 4.79 Å². The second kappa shape index (κ2) is 5.92. The van der Waals surface area contributed by atoms with Gasteiger partial charge in [0.05, 0.1) is 12.1 Å². The zero-order valence-corrected chi connectivity index (χ0v) is 9.21. The minimum atomic E-state index is -0.490. The lowest BCUT2D eigenvalue weighted by molar-refractivity contribution is 0.0171. The number of aliphatic hydroxyl groups excluding tert-OH is 1. The summed E-state index contributed by atoms with van der Waals surface area (Å²) in [5.41, 5.74) is -0.490. The molecule has 0 spiro atoms. The third kappa shape index (κ3) is 3.68. The van der Waals surface area contributed by atoms with Crippen LogP contribution in [0.15, 0.2) is 0 Å². The normalized spacial score (nSPS) is 19.6. The van der Waals surface area contributed by atoms with Crippen LogP contribution in [0.4, 0.5) is 4.79 Å². The maximum Gasteiger partial charge on any atom is 0.315 e. The Morgan fingerprint density at radius 2 is 2.13 bits per heavy atom. The highest BCUT2D eigenvalue weighted by molar-refractivity contribution is 5.74. The molecule has 0 saturated carbocycles. The van der Waals surface area contributed by atoms with Crippen molar-refractivity contribution < 1.29 is 14.6 Å². The number of hydrogen-bond acceptors (Lipinski definition) is 3. The van der Waals surface area contributed by atoms with Gasteiger partial charge in [-0.05, 0) is 19.3 Å². The lowest BCUT2D eigenvalue weighted by Crippen LogP contribution is -2.57. The molecule has 1 saturated heterocycles. The van der Waals surface area contributed by atoms with Gasteiger partial charge in [0, 0.05) is 19.8 Å². The van der Waals surface area contributed by atoms with Crippen LogP contribution in [0.25, 0.3) is 0 Å². The molecule has 1 rings (SSSR count). The first-order valence-corrected chi connectivity index (χ1v) is 5.47. The summed E-state index contributed by atoms with van der Waals surface area (Å²) in [6, 6.07) is -0.201. The third-order valence-corrected chi connectivity index (χ3v) is 2.67. The van der Waals surface area contributed by atoms with E-state index in [1.165, 1.54) is 0 Å². The van der Waals surface area contributed by atoms with Gasteiger partial charge in [0.2, 0.25) is 0 Å². The predicted octanol–water partition coefficient (Wildman–Crippen LogP) is 0.237. The van der Waals surface area contributed by atoms with Gasteiger partial charge >= 0.3 is 6.03 Å². The Bertz CT molecular complexity index is 203. The molecule has 0 radical (unpaired) electrons. The molecule has 0 atom stereocenters. The maximum atomic E-state index is 11.5. The summed E-state index contributed by atoms with van der Waals surface area (Å²) in [4.78, 5) is 11.5. The molecule has 15 heavy (non-hydrogen) atoms. The average Bonchev–Trinajstić information content (AvgIpc) is 2.27. The van der Waals surface area contributed by atoms with Crippen molar-refractivity contribution in [3.05, 3.63) is 0 Å². The SMILES string of the molecule is CCCNC(=O)NC1(CO)CCOCC1. The third-order valence-electron chi connectivity index (χ3n) is 2.67. The lowest BCUT2D eigenvalue weighted by atomic mass is 9.91. The second-order valence-electron chi connectivity index (χ2n) is 3.93. The van der Waals surface area contributed by atoms with Gasteiger partial charge < -0.3 is 20.5 Å². The van der Waals surface area contributed by atoms with E-state index < -0.39 is 5.54 Å². The Kier molecular flexibility index (Phi) is 4.84. The molecule has 0 unspecified atom stereocenters. The molecule has 1 aliphatic heterocycles. The Morgan fingerprint density at radius 3 is 2.67 bits per heavy atom. The molecule has 0 bridgehead atoms. The first kappa shape index (κ1) is 12.3. The van der Waals surface area contributed by atoms with Crippen LogP contribution < -0.4 is 10.6 Å². The van der Waals surface area contributed by atoms with Crippen LogP contribution >= 0.6 is 0 Å². The van der Waals surface area contributed by atoms with Crippen molar-refractivity contribution in [2.24, 2.45) is 0 Å². The summed E-state index contributed by atoms with van der Waals surface area (Å²) in [6.45, 7) is 3.81. The minimum absolute atomic E-state index is 0.0318. The number of amides is 2. The number of urea groups is 1. The van der Waals surface area contributed by atoms with Crippen molar-refractivity contribution in [2.75, 3.05) is 26.4 Å². The van der Waals surface area contributed by atoms with E-state index in [2.05, 4.69) is 10.6 Å². The molecule has 0 aromatic rings. The van der Waals surface area contributed by atoms with Crippen LogP contribution in [0.3, 0.4) is 0 Å². The maximum absolute atomic E-state index is 11.5. The Morgan fingerprint density at radius 1 is 1.47 bits per heavy atom. The monoisotopic (exact) mass is 216 g/mol. The highest BCUT2D eigenvalue weighted by Gasteiger charge is 2.33. The molecule has 0 aromatic carbocycles. The van der Waals surface area contributed by atoms with Crippen molar-refractivity contribution in [3.8, 4) is 0 Å². The van der Waals surface area contributed by atoms with Gasteiger partial charge in [0.1, 0.15) is 0 Å². The van der Waals surface area contributed by atoms with Crippen LogP contribution in [-0.2, 0) is 4.74 Å². The van der Waals surface area contributed by atoms with E-state index in [0.717, 1.165) is 6.42 Å². The van der Waals surface area contributed by atoms with Crippen LogP contribution in [0.2, 0.25) is 0 Å². The average molecular weight is 216 g/mol. The molecular formula is C10H20N2O3. The summed E-state index contributed by atoms with van der Waals surface area (Å²) in [6.07, 6.45) is 2.24. The molecule has 5 nitrogen and oxygen atoms in total. The first-order chi connectivity index (χ1) is 7.22. The Labute approximate surface area is 90.2 Å². The van der Waals surface area contributed by atoms with Crippen molar-refractivity contribution in [2.45, 2.75) is 31.7 Å². The fourth-order valence-electron chi connectivity index (χ4n) is 1.61. The molecule has 1 aliphatic rings. The summed E-state index contributed by atoms with van der Waals surface area (Å²) >= 11 is 0. The smallest absolute Gasteiger partial charge is 0.315 e. The van der Waals surface area contributed by atoms with Crippen LogP contribution in [0.5, 0.6) is 0 Å².